The molecule has 3 rings (SSSR count). The largest absolute Gasteiger partial charge is 0.464 e. The lowest BCUT2D eigenvalue weighted by molar-refractivity contribution is 0.0595. The van der Waals surface area contributed by atoms with Gasteiger partial charge in [0.15, 0.2) is 5.69 Å². The number of benzene rings is 2. The summed E-state index contributed by atoms with van der Waals surface area (Å²) in [6, 6.07) is 8.88. The summed E-state index contributed by atoms with van der Waals surface area (Å²) in [5.41, 5.74) is 2.00. The second-order valence-corrected chi connectivity index (χ2v) is 5.83. The first-order chi connectivity index (χ1) is 11.9. The highest BCUT2D eigenvalue weighted by molar-refractivity contribution is 6.02. The average Bonchev–Trinajstić information content (AvgIpc) is 2.94. The Morgan fingerprint density at radius 3 is 2.60 bits per heavy atom. The molecule has 0 saturated heterocycles. The van der Waals surface area contributed by atoms with E-state index < -0.39 is 17.6 Å². The molecule has 0 radical (unpaired) electrons. The molecule has 7 heteroatoms. The predicted molar refractivity (Wildman–Crippen MR) is 90.9 cm³/mol. The molecule has 0 aliphatic rings. The number of esters is 1. The van der Waals surface area contributed by atoms with Crippen LogP contribution in [0.15, 0.2) is 36.4 Å². The van der Waals surface area contributed by atoms with Crippen LogP contribution in [0, 0.1) is 11.6 Å². The average molecular weight is 345 g/mol. The number of aromatic nitrogens is 2. The molecule has 0 atom stereocenters. The van der Waals surface area contributed by atoms with Crippen LogP contribution in [0.4, 0.5) is 14.5 Å². The van der Waals surface area contributed by atoms with Crippen LogP contribution in [-0.4, -0.2) is 37.0 Å². The van der Waals surface area contributed by atoms with Crippen LogP contribution in [0.3, 0.4) is 0 Å². The van der Waals surface area contributed by atoms with Crippen molar-refractivity contribution < 1.29 is 18.3 Å². The molecule has 1 heterocycles. The molecule has 0 aliphatic carbocycles. The van der Waals surface area contributed by atoms with Gasteiger partial charge in [0.25, 0.3) is 0 Å². The van der Waals surface area contributed by atoms with E-state index in [0.29, 0.717) is 10.9 Å². The summed E-state index contributed by atoms with van der Waals surface area (Å²) < 4.78 is 33.4. The highest BCUT2D eigenvalue weighted by Crippen LogP contribution is 2.25. The first-order valence-electron chi connectivity index (χ1n) is 7.61. The van der Waals surface area contributed by atoms with Gasteiger partial charge in [-0.05, 0) is 24.3 Å². The van der Waals surface area contributed by atoms with Crippen LogP contribution in [0.1, 0.15) is 16.1 Å². The van der Waals surface area contributed by atoms with Crippen molar-refractivity contribution in [1.82, 2.24) is 9.78 Å². The summed E-state index contributed by atoms with van der Waals surface area (Å²) in [6.45, 7) is 0.0660. The van der Waals surface area contributed by atoms with E-state index in [9.17, 15) is 13.6 Å². The number of fused-ring (bicyclic) bond motifs is 1. The number of nitrogens with zero attached hydrogens (tertiary/aromatic N) is 3. The van der Waals surface area contributed by atoms with Crippen molar-refractivity contribution >= 4 is 22.6 Å². The summed E-state index contributed by atoms with van der Waals surface area (Å²) in [4.78, 5) is 13.9. The zero-order valence-electron chi connectivity index (χ0n) is 14.1. The number of anilines is 1. The van der Waals surface area contributed by atoms with E-state index in [0.717, 1.165) is 11.8 Å². The van der Waals surface area contributed by atoms with Crippen molar-refractivity contribution in [3.63, 3.8) is 0 Å². The Kier molecular flexibility index (Phi) is 4.39. The minimum Gasteiger partial charge on any atom is -0.464 e. The Morgan fingerprint density at radius 2 is 1.96 bits per heavy atom. The summed E-state index contributed by atoms with van der Waals surface area (Å²) in [5.74, 6) is -1.87. The van der Waals surface area contributed by atoms with Gasteiger partial charge in [-0.2, -0.15) is 5.10 Å². The summed E-state index contributed by atoms with van der Waals surface area (Å²) in [6.07, 6.45) is 0. The first kappa shape index (κ1) is 16.9. The Bertz CT molecular complexity index is 951. The van der Waals surface area contributed by atoms with E-state index in [1.807, 2.05) is 31.1 Å². The highest BCUT2D eigenvalue weighted by Gasteiger charge is 2.19. The highest BCUT2D eigenvalue weighted by atomic mass is 19.1. The van der Waals surface area contributed by atoms with E-state index in [4.69, 9.17) is 4.74 Å². The van der Waals surface area contributed by atoms with Crippen molar-refractivity contribution in [2.24, 2.45) is 0 Å². The van der Waals surface area contributed by atoms with Crippen molar-refractivity contribution in [3.05, 3.63) is 59.3 Å². The van der Waals surface area contributed by atoms with Gasteiger partial charge in [-0.25, -0.2) is 13.6 Å². The number of rotatable bonds is 4. The molecule has 0 unspecified atom stereocenters. The van der Waals surface area contributed by atoms with Crippen molar-refractivity contribution in [2.45, 2.75) is 6.54 Å². The molecule has 2 aromatic carbocycles. The third kappa shape index (κ3) is 3.17. The molecule has 0 amide bonds. The molecule has 3 aromatic rings. The van der Waals surface area contributed by atoms with Crippen LogP contribution in [0.25, 0.3) is 10.9 Å². The zero-order valence-corrected chi connectivity index (χ0v) is 14.1. The van der Waals surface area contributed by atoms with Crippen LogP contribution < -0.4 is 4.90 Å². The molecule has 5 nitrogen and oxygen atoms in total. The van der Waals surface area contributed by atoms with Crippen LogP contribution in [0.5, 0.6) is 0 Å². The number of ether oxygens (including phenoxy) is 1. The minimum atomic E-state index is -0.660. The molecule has 130 valence electrons. The Labute approximate surface area is 143 Å². The second-order valence-electron chi connectivity index (χ2n) is 5.83. The molecule has 0 spiro atoms. The molecule has 1 aromatic heterocycles. The normalized spacial score (nSPS) is 10.9. The SMILES string of the molecule is COC(=O)c1nn(Cc2ccc(F)cc2F)c2cc(N(C)C)ccc12. The maximum absolute atomic E-state index is 14.0. The zero-order chi connectivity index (χ0) is 18.1. The Hall–Kier alpha value is -2.96. The molecule has 0 aliphatic heterocycles. The lowest BCUT2D eigenvalue weighted by Crippen LogP contribution is -2.09. The Morgan fingerprint density at radius 1 is 1.20 bits per heavy atom. The lowest BCUT2D eigenvalue weighted by atomic mass is 10.1. The van der Waals surface area contributed by atoms with E-state index in [1.54, 1.807) is 6.07 Å². The van der Waals surface area contributed by atoms with Crippen LogP contribution in [-0.2, 0) is 11.3 Å². The maximum atomic E-state index is 14.0. The number of hydrogen-bond donors (Lipinski definition) is 0. The third-order valence-corrected chi connectivity index (χ3v) is 3.97. The smallest absolute Gasteiger partial charge is 0.359 e. The quantitative estimate of drug-likeness (QED) is 0.681. The molecule has 0 fully saturated rings. The van der Waals surface area contributed by atoms with Gasteiger partial charge in [-0.3, -0.25) is 4.68 Å². The van der Waals surface area contributed by atoms with Gasteiger partial charge < -0.3 is 9.64 Å². The fraction of sp³-hybridized carbons (Fsp3) is 0.222. The standard InChI is InChI=1S/C18H17F2N3O2/c1-22(2)13-6-7-14-16(9-13)23(21-17(14)18(24)25-3)10-11-4-5-12(19)8-15(11)20/h4-9H,10H2,1-3H3. The van der Waals surface area contributed by atoms with E-state index in [1.165, 1.54) is 23.9 Å². The van der Waals surface area contributed by atoms with Gasteiger partial charge in [0, 0.05) is 36.8 Å². The van der Waals surface area contributed by atoms with Gasteiger partial charge in [-0.15, -0.1) is 0 Å². The van der Waals surface area contributed by atoms with Crippen molar-refractivity contribution in [3.8, 4) is 0 Å². The van der Waals surface area contributed by atoms with Gasteiger partial charge in [-0.1, -0.05) is 6.07 Å². The van der Waals surface area contributed by atoms with Crippen molar-refractivity contribution in [1.29, 1.82) is 0 Å². The Balaban J connectivity index is 2.15. The fourth-order valence-corrected chi connectivity index (χ4v) is 2.62. The number of halogens is 2. The molecule has 25 heavy (non-hydrogen) atoms. The number of hydrogen-bond acceptors (Lipinski definition) is 4. The maximum Gasteiger partial charge on any atom is 0.359 e. The van der Waals surface area contributed by atoms with Gasteiger partial charge in [0.1, 0.15) is 11.6 Å². The summed E-state index contributed by atoms with van der Waals surface area (Å²) in [5, 5.41) is 4.89. The summed E-state index contributed by atoms with van der Waals surface area (Å²) in [7, 11) is 5.06. The van der Waals surface area contributed by atoms with Gasteiger partial charge in [0.2, 0.25) is 0 Å². The van der Waals surface area contributed by atoms with Crippen molar-refractivity contribution in [2.75, 3.05) is 26.1 Å². The van der Waals surface area contributed by atoms with E-state index >= 15 is 0 Å². The molecule has 0 bridgehead atoms. The summed E-state index contributed by atoms with van der Waals surface area (Å²) >= 11 is 0. The monoisotopic (exact) mass is 345 g/mol. The van der Waals surface area contributed by atoms with Crippen LogP contribution in [0.2, 0.25) is 0 Å². The van der Waals surface area contributed by atoms with E-state index in [-0.39, 0.29) is 17.8 Å². The number of methoxy groups -OCH3 is 1. The topological polar surface area (TPSA) is 47.4 Å². The first-order valence-corrected chi connectivity index (χ1v) is 7.61. The third-order valence-electron chi connectivity index (χ3n) is 3.97. The molecule has 0 N–H and O–H groups in total. The van der Waals surface area contributed by atoms with Gasteiger partial charge in [0.05, 0.1) is 19.2 Å². The molecule has 0 saturated carbocycles. The molecular weight excluding hydrogens is 328 g/mol. The fourth-order valence-electron chi connectivity index (χ4n) is 2.62. The predicted octanol–water partition coefficient (Wildman–Crippen LogP) is 3.22. The lowest BCUT2D eigenvalue weighted by Gasteiger charge is -2.13. The van der Waals surface area contributed by atoms with Gasteiger partial charge >= 0.3 is 5.97 Å². The van der Waals surface area contributed by atoms with Crippen LogP contribution >= 0.6 is 0 Å². The number of carbonyl (C=O) groups excluding carboxylic acids is 1. The minimum absolute atomic E-state index is 0.0660. The molecular formula is C18H17F2N3O2. The second kappa shape index (κ2) is 6.51. The number of carbonyl (C=O) groups is 1. The van der Waals surface area contributed by atoms with E-state index in [2.05, 4.69) is 5.10 Å².